The first kappa shape index (κ1) is 18.1. The van der Waals surface area contributed by atoms with Crippen LogP contribution in [0.15, 0.2) is 17.2 Å². The Kier molecular flexibility index (Phi) is 7.20. The number of allylic oxidation sites excluding steroid dienone is 1. The number of aryl methyl sites for hydroxylation is 2. The molecular formula is C17H26N2O3S. The first-order chi connectivity index (χ1) is 11.1. The third-order valence-corrected chi connectivity index (χ3v) is 4.87. The highest BCUT2D eigenvalue weighted by molar-refractivity contribution is 7.09. The van der Waals surface area contributed by atoms with Gasteiger partial charge in [0.15, 0.2) is 0 Å². The molecule has 1 saturated heterocycles. The van der Waals surface area contributed by atoms with Crippen molar-refractivity contribution >= 4 is 17.2 Å². The Labute approximate surface area is 142 Å². The van der Waals surface area contributed by atoms with Gasteiger partial charge in [-0.25, -0.2) is 4.98 Å². The van der Waals surface area contributed by atoms with Gasteiger partial charge in [0.25, 0.3) is 0 Å². The number of amides is 1. The Morgan fingerprint density at radius 2 is 2.39 bits per heavy atom. The van der Waals surface area contributed by atoms with Gasteiger partial charge in [-0.15, -0.1) is 11.3 Å². The molecule has 1 aromatic rings. The second kappa shape index (κ2) is 9.15. The van der Waals surface area contributed by atoms with E-state index in [1.165, 1.54) is 10.5 Å². The van der Waals surface area contributed by atoms with Gasteiger partial charge in [0.05, 0.1) is 30.5 Å². The summed E-state index contributed by atoms with van der Waals surface area (Å²) in [7, 11) is 0. The van der Waals surface area contributed by atoms with E-state index in [2.05, 4.69) is 10.3 Å². The lowest BCUT2D eigenvalue weighted by Crippen LogP contribution is -2.50. The third-order valence-electron chi connectivity index (χ3n) is 3.88. The Hall–Kier alpha value is -1.24. The monoisotopic (exact) mass is 338 g/mol. The molecule has 0 unspecified atom stereocenters. The molecule has 0 saturated carbocycles. The fraction of sp³-hybridized carbons (Fsp3) is 0.647. The maximum Gasteiger partial charge on any atom is 0.220 e. The van der Waals surface area contributed by atoms with Crippen LogP contribution in [-0.2, 0) is 20.7 Å². The summed E-state index contributed by atoms with van der Waals surface area (Å²) >= 11 is 1.61. The number of nitrogens with one attached hydrogen (secondary N) is 1. The number of carbonyl (C=O) groups is 1. The van der Waals surface area contributed by atoms with Crippen LogP contribution in [0.1, 0.15) is 37.3 Å². The standard InChI is InChI=1S/C17H26N2O3S/c1-12(2)6-9-22-15-10-21-8-7-14(15)19-17(20)5-4-16-13(3)18-11-23-16/h6,11,14-15H,4-5,7-10H2,1-3H3,(H,19,20)/t14-,15-/m1/s1. The van der Waals surface area contributed by atoms with Gasteiger partial charge in [0.1, 0.15) is 6.10 Å². The van der Waals surface area contributed by atoms with Gasteiger partial charge >= 0.3 is 0 Å². The van der Waals surface area contributed by atoms with Crippen molar-refractivity contribution in [2.24, 2.45) is 0 Å². The molecule has 0 aliphatic carbocycles. The quantitative estimate of drug-likeness (QED) is 0.777. The molecule has 1 aromatic heterocycles. The normalized spacial score (nSPS) is 21.0. The molecule has 0 bridgehead atoms. The third kappa shape index (κ3) is 6.05. The molecule has 0 aromatic carbocycles. The van der Waals surface area contributed by atoms with Crippen molar-refractivity contribution in [1.29, 1.82) is 0 Å². The topological polar surface area (TPSA) is 60.5 Å². The molecule has 1 aliphatic heterocycles. The van der Waals surface area contributed by atoms with Gasteiger partial charge < -0.3 is 14.8 Å². The summed E-state index contributed by atoms with van der Waals surface area (Å²) in [6.07, 6.45) is 3.99. The van der Waals surface area contributed by atoms with Gasteiger partial charge in [-0.3, -0.25) is 4.79 Å². The zero-order valence-corrected chi connectivity index (χ0v) is 14.9. The summed E-state index contributed by atoms with van der Waals surface area (Å²) in [5.41, 5.74) is 4.08. The van der Waals surface area contributed by atoms with Gasteiger partial charge in [-0.05, 0) is 33.6 Å². The summed E-state index contributed by atoms with van der Waals surface area (Å²) in [4.78, 5) is 17.6. The highest BCUT2D eigenvalue weighted by Gasteiger charge is 2.27. The summed E-state index contributed by atoms with van der Waals surface area (Å²) in [6.45, 7) is 7.83. The van der Waals surface area contributed by atoms with Crippen molar-refractivity contribution in [3.63, 3.8) is 0 Å². The molecule has 128 valence electrons. The van der Waals surface area contributed by atoms with Crippen molar-refractivity contribution in [2.75, 3.05) is 19.8 Å². The van der Waals surface area contributed by atoms with Crippen molar-refractivity contribution in [1.82, 2.24) is 10.3 Å². The van der Waals surface area contributed by atoms with Gasteiger partial charge in [0, 0.05) is 17.9 Å². The van der Waals surface area contributed by atoms with Crippen molar-refractivity contribution < 1.29 is 14.3 Å². The van der Waals surface area contributed by atoms with E-state index in [0.29, 0.717) is 26.2 Å². The Morgan fingerprint density at radius 3 is 3.09 bits per heavy atom. The molecule has 0 spiro atoms. The number of hydrogen-bond acceptors (Lipinski definition) is 5. The highest BCUT2D eigenvalue weighted by Crippen LogP contribution is 2.15. The van der Waals surface area contributed by atoms with Crippen LogP contribution in [0.5, 0.6) is 0 Å². The number of aromatic nitrogens is 1. The Balaban J connectivity index is 1.79. The molecule has 6 heteroatoms. The lowest BCUT2D eigenvalue weighted by molar-refractivity contribution is -0.125. The van der Waals surface area contributed by atoms with Crippen LogP contribution in [0, 0.1) is 6.92 Å². The average molecular weight is 338 g/mol. The summed E-state index contributed by atoms with van der Waals surface area (Å²) < 4.78 is 11.3. The van der Waals surface area contributed by atoms with E-state index in [-0.39, 0.29) is 18.1 Å². The van der Waals surface area contributed by atoms with Crippen molar-refractivity contribution in [3.05, 3.63) is 27.7 Å². The SMILES string of the molecule is CC(C)=CCO[C@@H]1COCC[C@H]1NC(=O)CCc1scnc1C. The number of thiazole rings is 1. The van der Waals surface area contributed by atoms with Crippen molar-refractivity contribution in [3.8, 4) is 0 Å². The van der Waals surface area contributed by atoms with Crippen LogP contribution in [0.3, 0.4) is 0 Å². The van der Waals surface area contributed by atoms with Crippen LogP contribution in [0.25, 0.3) is 0 Å². The number of rotatable bonds is 7. The first-order valence-corrected chi connectivity index (χ1v) is 8.95. The van der Waals surface area contributed by atoms with Crippen LogP contribution >= 0.6 is 11.3 Å². The molecule has 2 rings (SSSR count). The van der Waals surface area contributed by atoms with E-state index in [0.717, 1.165) is 18.5 Å². The smallest absolute Gasteiger partial charge is 0.220 e. The second-order valence-electron chi connectivity index (χ2n) is 6.05. The number of carbonyl (C=O) groups excluding carboxylic acids is 1. The number of ether oxygens (including phenoxy) is 2. The molecule has 1 aliphatic rings. The summed E-state index contributed by atoms with van der Waals surface area (Å²) in [5, 5.41) is 3.11. The lowest BCUT2D eigenvalue weighted by Gasteiger charge is -2.31. The highest BCUT2D eigenvalue weighted by atomic mass is 32.1. The predicted molar refractivity (Wildman–Crippen MR) is 91.7 cm³/mol. The van der Waals surface area contributed by atoms with Gasteiger partial charge in [-0.1, -0.05) is 11.6 Å². The molecule has 1 fully saturated rings. The van der Waals surface area contributed by atoms with E-state index < -0.39 is 0 Å². The zero-order chi connectivity index (χ0) is 16.7. The number of hydrogen-bond donors (Lipinski definition) is 1. The summed E-state index contributed by atoms with van der Waals surface area (Å²) in [5.74, 6) is 0.0699. The van der Waals surface area contributed by atoms with E-state index in [1.54, 1.807) is 11.3 Å². The molecule has 1 amide bonds. The molecule has 23 heavy (non-hydrogen) atoms. The van der Waals surface area contributed by atoms with E-state index in [9.17, 15) is 4.79 Å². The lowest BCUT2D eigenvalue weighted by atomic mass is 10.1. The van der Waals surface area contributed by atoms with E-state index >= 15 is 0 Å². The summed E-state index contributed by atoms with van der Waals surface area (Å²) in [6, 6.07) is 0.0318. The van der Waals surface area contributed by atoms with Crippen LogP contribution in [0.2, 0.25) is 0 Å². The molecule has 0 radical (unpaired) electrons. The largest absolute Gasteiger partial charge is 0.379 e. The fourth-order valence-corrected chi connectivity index (χ4v) is 3.23. The minimum Gasteiger partial charge on any atom is -0.379 e. The fourth-order valence-electron chi connectivity index (χ4n) is 2.45. The Morgan fingerprint density at radius 1 is 1.57 bits per heavy atom. The van der Waals surface area contributed by atoms with Gasteiger partial charge in [0.2, 0.25) is 5.91 Å². The zero-order valence-electron chi connectivity index (χ0n) is 14.1. The van der Waals surface area contributed by atoms with Crippen LogP contribution in [0.4, 0.5) is 0 Å². The minimum atomic E-state index is -0.0755. The van der Waals surface area contributed by atoms with E-state index in [4.69, 9.17) is 9.47 Å². The second-order valence-corrected chi connectivity index (χ2v) is 6.99. The Bertz CT molecular complexity index is 538. The maximum absolute atomic E-state index is 12.2. The minimum absolute atomic E-state index is 0.0318. The van der Waals surface area contributed by atoms with Crippen LogP contribution in [-0.4, -0.2) is 42.9 Å². The molecule has 2 atom stereocenters. The van der Waals surface area contributed by atoms with Gasteiger partial charge in [-0.2, -0.15) is 0 Å². The average Bonchev–Trinajstić information content (AvgIpc) is 2.92. The van der Waals surface area contributed by atoms with Crippen LogP contribution < -0.4 is 5.32 Å². The molecule has 5 nitrogen and oxygen atoms in total. The molecule has 2 heterocycles. The maximum atomic E-state index is 12.2. The van der Waals surface area contributed by atoms with Crippen molar-refractivity contribution in [2.45, 2.75) is 52.2 Å². The predicted octanol–water partition coefficient (Wildman–Crippen LogP) is 2.64. The number of nitrogens with zero attached hydrogens (tertiary/aromatic N) is 1. The first-order valence-electron chi connectivity index (χ1n) is 8.07. The molecule has 1 N–H and O–H groups in total. The molecular weight excluding hydrogens is 312 g/mol. The van der Waals surface area contributed by atoms with E-state index in [1.807, 2.05) is 32.4 Å².